The number of rotatable bonds is 5. The summed E-state index contributed by atoms with van der Waals surface area (Å²) in [5, 5.41) is 9.30. The number of hydrogen-bond donors (Lipinski definition) is 3. The quantitative estimate of drug-likeness (QED) is 0.659. The Kier molecular flexibility index (Phi) is 3.90. The Morgan fingerprint density at radius 2 is 2.11 bits per heavy atom. The van der Waals surface area contributed by atoms with Crippen LogP contribution in [0.1, 0.15) is 11.4 Å². The summed E-state index contributed by atoms with van der Waals surface area (Å²) in [4.78, 5) is 15.6. The number of H-pyrrole nitrogens is 1. The van der Waals surface area contributed by atoms with Crippen LogP contribution in [-0.4, -0.2) is 27.6 Å². The maximum absolute atomic E-state index is 11.6. The van der Waals surface area contributed by atoms with E-state index in [2.05, 4.69) is 20.5 Å². The van der Waals surface area contributed by atoms with Crippen LogP contribution in [0.4, 0.5) is 5.69 Å². The number of nitrogens with one attached hydrogen (secondary N) is 2. The lowest BCUT2D eigenvalue weighted by atomic mass is 10.1. The molecule has 0 saturated heterocycles. The van der Waals surface area contributed by atoms with Gasteiger partial charge in [-0.1, -0.05) is 12.1 Å². The Morgan fingerprint density at radius 3 is 2.78 bits per heavy atom. The fraction of sp³-hybridized carbons (Fsp3) is 0.250. The molecule has 0 aliphatic carbocycles. The van der Waals surface area contributed by atoms with Crippen molar-refractivity contribution in [1.29, 1.82) is 0 Å². The summed E-state index contributed by atoms with van der Waals surface area (Å²) in [5.41, 5.74) is 7.22. The smallest absolute Gasteiger partial charge is 0.224 e. The number of amides is 1. The molecule has 0 fully saturated rings. The summed E-state index contributed by atoms with van der Waals surface area (Å²) >= 11 is 0. The zero-order valence-electron chi connectivity index (χ0n) is 9.89. The highest BCUT2D eigenvalue weighted by Gasteiger charge is 2.03. The molecule has 94 valence electrons. The van der Waals surface area contributed by atoms with E-state index in [-0.39, 0.29) is 5.91 Å². The van der Waals surface area contributed by atoms with Crippen LogP contribution in [0.5, 0.6) is 0 Å². The molecule has 0 spiro atoms. The van der Waals surface area contributed by atoms with Crippen molar-refractivity contribution < 1.29 is 4.79 Å². The predicted molar refractivity (Wildman–Crippen MR) is 67.7 cm³/mol. The first-order chi connectivity index (χ1) is 8.74. The van der Waals surface area contributed by atoms with Gasteiger partial charge in [0.2, 0.25) is 5.91 Å². The molecule has 4 N–H and O–H groups in total. The lowest BCUT2D eigenvalue weighted by Gasteiger charge is -2.04. The molecular formula is C12H15N5O. The van der Waals surface area contributed by atoms with E-state index < -0.39 is 0 Å². The molecule has 1 amide bonds. The van der Waals surface area contributed by atoms with Crippen molar-refractivity contribution >= 4 is 11.6 Å². The molecule has 0 aliphatic heterocycles. The maximum Gasteiger partial charge on any atom is 0.224 e. The number of nitrogens with two attached hydrogens (primary N) is 1. The van der Waals surface area contributed by atoms with Gasteiger partial charge in [-0.2, -0.15) is 5.10 Å². The van der Waals surface area contributed by atoms with Crippen molar-refractivity contribution in [3.05, 3.63) is 42.0 Å². The molecule has 0 saturated carbocycles. The van der Waals surface area contributed by atoms with Gasteiger partial charge in [-0.05, 0) is 17.7 Å². The number of aromatic nitrogens is 3. The summed E-state index contributed by atoms with van der Waals surface area (Å²) in [7, 11) is 0. The molecule has 0 aliphatic rings. The van der Waals surface area contributed by atoms with Gasteiger partial charge >= 0.3 is 0 Å². The van der Waals surface area contributed by atoms with E-state index in [1.165, 1.54) is 6.33 Å². The van der Waals surface area contributed by atoms with Crippen LogP contribution in [-0.2, 0) is 17.6 Å². The number of nitrogens with zero attached hydrogens (tertiary/aromatic N) is 2. The highest BCUT2D eigenvalue weighted by atomic mass is 16.1. The third-order valence-corrected chi connectivity index (χ3v) is 2.49. The van der Waals surface area contributed by atoms with Gasteiger partial charge in [-0.15, -0.1) is 0 Å². The summed E-state index contributed by atoms with van der Waals surface area (Å²) in [6.07, 6.45) is 2.45. The van der Waals surface area contributed by atoms with E-state index in [0.29, 0.717) is 25.1 Å². The summed E-state index contributed by atoms with van der Waals surface area (Å²) < 4.78 is 0. The highest BCUT2D eigenvalue weighted by molar-refractivity contribution is 5.78. The first kappa shape index (κ1) is 12.1. The normalized spacial score (nSPS) is 10.2. The van der Waals surface area contributed by atoms with E-state index in [4.69, 9.17) is 5.73 Å². The molecule has 6 nitrogen and oxygen atoms in total. The van der Waals surface area contributed by atoms with Crippen molar-refractivity contribution in [1.82, 2.24) is 20.5 Å². The van der Waals surface area contributed by atoms with Crippen LogP contribution in [0, 0.1) is 0 Å². The Labute approximate surface area is 105 Å². The second-order valence-electron chi connectivity index (χ2n) is 3.95. The molecule has 1 aromatic carbocycles. The van der Waals surface area contributed by atoms with Crippen molar-refractivity contribution in [3.8, 4) is 0 Å². The Balaban J connectivity index is 1.73. The summed E-state index contributed by atoms with van der Waals surface area (Å²) in [5.74, 6) is 0.752. The van der Waals surface area contributed by atoms with Crippen LogP contribution >= 0.6 is 0 Å². The standard InChI is InChI=1S/C12H15N5O/c13-10-3-1-9(2-4-10)7-12(18)14-6-5-11-15-8-16-17-11/h1-4,8H,5-7,13H2,(H,14,18)(H,15,16,17). The maximum atomic E-state index is 11.6. The topological polar surface area (TPSA) is 96.7 Å². The van der Waals surface area contributed by atoms with Gasteiger partial charge in [0.15, 0.2) is 0 Å². The summed E-state index contributed by atoms with van der Waals surface area (Å²) in [6, 6.07) is 7.28. The lowest BCUT2D eigenvalue weighted by molar-refractivity contribution is -0.120. The van der Waals surface area contributed by atoms with E-state index in [9.17, 15) is 4.79 Å². The molecule has 18 heavy (non-hydrogen) atoms. The van der Waals surface area contributed by atoms with E-state index in [0.717, 1.165) is 11.4 Å². The zero-order chi connectivity index (χ0) is 12.8. The van der Waals surface area contributed by atoms with Crippen molar-refractivity contribution in [2.45, 2.75) is 12.8 Å². The van der Waals surface area contributed by atoms with Gasteiger partial charge in [0.05, 0.1) is 6.42 Å². The number of carbonyl (C=O) groups excluding carboxylic acids is 1. The van der Waals surface area contributed by atoms with Crippen LogP contribution in [0.3, 0.4) is 0 Å². The molecule has 0 radical (unpaired) electrons. The average Bonchev–Trinajstić information content (AvgIpc) is 2.85. The van der Waals surface area contributed by atoms with Gasteiger partial charge in [0.25, 0.3) is 0 Å². The van der Waals surface area contributed by atoms with Gasteiger partial charge in [0, 0.05) is 18.7 Å². The van der Waals surface area contributed by atoms with Crippen molar-refractivity contribution in [3.63, 3.8) is 0 Å². The first-order valence-corrected chi connectivity index (χ1v) is 5.69. The highest BCUT2D eigenvalue weighted by Crippen LogP contribution is 2.05. The van der Waals surface area contributed by atoms with Crippen LogP contribution in [0.15, 0.2) is 30.6 Å². The van der Waals surface area contributed by atoms with Gasteiger partial charge in [-0.3, -0.25) is 9.89 Å². The SMILES string of the molecule is Nc1ccc(CC(=O)NCCc2ncn[nH]2)cc1. The van der Waals surface area contributed by atoms with Crippen LogP contribution in [0.25, 0.3) is 0 Å². The van der Waals surface area contributed by atoms with Gasteiger partial charge in [0.1, 0.15) is 12.2 Å². The minimum Gasteiger partial charge on any atom is -0.399 e. The van der Waals surface area contributed by atoms with Gasteiger partial charge < -0.3 is 11.1 Å². The molecule has 0 bridgehead atoms. The number of benzene rings is 1. The fourth-order valence-corrected chi connectivity index (χ4v) is 1.55. The molecule has 2 rings (SSSR count). The number of nitrogen functional groups attached to an aromatic ring is 1. The summed E-state index contributed by atoms with van der Waals surface area (Å²) in [6.45, 7) is 0.545. The second-order valence-corrected chi connectivity index (χ2v) is 3.95. The second kappa shape index (κ2) is 5.81. The molecule has 2 aromatic rings. The van der Waals surface area contributed by atoms with E-state index in [1.807, 2.05) is 12.1 Å². The minimum absolute atomic E-state index is 0.0145. The van der Waals surface area contributed by atoms with E-state index in [1.54, 1.807) is 12.1 Å². The van der Waals surface area contributed by atoms with Crippen molar-refractivity contribution in [2.75, 3.05) is 12.3 Å². The lowest BCUT2D eigenvalue weighted by Crippen LogP contribution is -2.27. The molecule has 0 atom stereocenters. The third-order valence-electron chi connectivity index (χ3n) is 2.49. The minimum atomic E-state index is -0.0145. The molecule has 1 heterocycles. The van der Waals surface area contributed by atoms with Crippen molar-refractivity contribution in [2.24, 2.45) is 0 Å². The Morgan fingerprint density at radius 1 is 1.33 bits per heavy atom. The van der Waals surface area contributed by atoms with Crippen LogP contribution in [0.2, 0.25) is 0 Å². The van der Waals surface area contributed by atoms with Gasteiger partial charge in [-0.25, -0.2) is 4.98 Å². The molecular weight excluding hydrogens is 230 g/mol. The van der Waals surface area contributed by atoms with Crippen LogP contribution < -0.4 is 11.1 Å². The molecule has 0 unspecified atom stereocenters. The number of hydrogen-bond acceptors (Lipinski definition) is 4. The predicted octanol–water partition coefficient (Wildman–Crippen LogP) is 0.288. The fourth-order valence-electron chi connectivity index (χ4n) is 1.55. The number of aromatic amines is 1. The average molecular weight is 245 g/mol. The largest absolute Gasteiger partial charge is 0.399 e. The van der Waals surface area contributed by atoms with E-state index >= 15 is 0 Å². The first-order valence-electron chi connectivity index (χ1n) is 5.69. The Bertz CT molecular complexity index is 492. The number of carbonyl (C=O) groups is 1. The Hall–Kier alpha value is -2.37. The third kappa shape index (κ3) is 3.58. The monoisotopic (exact) mass is 245 g/mol. The molecule has 1 aromatic heterocycles. The number of anilines is 1. The zero-order valence-corrected chi connectivity index (χ0v) is 9.89. The molecule has 6 heteroatoms.